The van der Waals surface area contributed by atoms with Gasteiger partial charge in [0.2, 0.25) is 0 Å². The molecule has 0 radical (unpaired) electrons. The minimum absolute atomic E-state index is 0.683. The SMILES string of the molecule is COc1ccc(CNc2cc(C)c(N)cc2Br)cc1OC. The van der Waals surface area contributed by atoms with Crippen LogP contribution in [0, 0.1) is 6.92 Å². The molecule has 0 atom stereocenters. The lowest BCUT2D eigenvalue weighted by atomic mass is 10.1. The summed E-state index contributed by atoms with van der Waals surface area (Å²) in [4.78, 5) is 0. The molecule has 0 aliphatic heterocycles. The maximum absolute atomic E-state index is 5.88. The van der Waals surface area contributed by atoms with Crippen molar-refractivity contribution in [2.75, 3.05) is 25.3 Å². The number of rotatable bonds is 5. The molecule has 0 saturated carbocycles. The number of nitrogens with one attached hydrogen (secondary N) is 1. The van der Waals surface area contributed by atoms with E-state index in [1.807, 2.05) is 37.3 Å². The minimum Gasteiger partial charge on any atom is -0.493 e. The molecule has 0 bridgehead atoms. The Kier molecular flexibility index (Phi) is 4.96. The Morgan fingerprint density at radius 2 is 1.81 bits per heavy atom. The lowest BCUT2D eigenvalue weighted by Crippen LogP contribution is -2.02. The summed E-state index contributed by atoms with van der Waals surface area (Å²) in [6.45, 7) is 2.67. The van der Waals surface area contributed by atoms with Gasteiger partial charge >= 0.3 is 0 Å². The number of methoxy groups -OCH3 is 2. The van der Waals surface area contributed by atoms with Crippen molar-refractivity contribution in [1.29, 1.82) is 0 Å². The fraction of sp³-hybridized carbons (Fsp3) is 0.250. The van der Waals surface area contributed by atoms with Crippen molar-refractivity contribution in [3.8, 4) is 11.5 Å². The molecule has 0 aromatic heterocycles. The first-order valence-corrected chi connectivity index (χ1v) is 7.35. The second kappa shape index (κ2) is 6.72. The highest BCUT2D eigenvalue weighted by Gasteiger charge is 2.06. The summed E-state index contributed by atoms with van der Waals surface area (Å²) < 4.78 is 11.5. The monoisotopic (exact) mass is 350 g/mol. The lowest BCUT2D eigenvalue weighted by Gasteiger charge is -2.13. The minimum atomic E-state index is 0.683. The highest BCUT2D eigenvalue weighted by molar-refractivity contribution is 9.10. The van der Waals surface area contributed by atoms with E-state index in [-0.39, 0.29) is 0 Å². The van der Waals surface area contributed by atoms with E-state index in [2.05, 4.69) is 21.2 Å². The van der Waals surface area contributed by atoms with Crippen LogP contribution in [0.15, 0.2) is 34.8 Å². The Morgan fingerprint density at radius 3 is 2.48 bits per heavy atom. The number of hydrogen-bond acceptors (Lipinski definition) is 4. The smallest absolute Gasteiger partial charge is 0.161 e. The molecule has 0 amide bonds. The Labute approximate surface area is 133 Å². The number of nitrogen functional groups attached to an aromatic ring is 1. The van der Waals surface area contributed by atoms with Gasteiger partial charge in [0, 0.05) is 22.4 Å². The number of halogens is 1. The normalized spacial score (nSPS) is 10.3. The maximum Gasteiger partial charge on any atom is 0.161 e. The van der Waals surface area contributed by atoms with E-state index < -0.39 is 0 Å². The molecule has 2 aromatic carbocycles. The molecule has 0 fully saturated rings. The fourth-order valence-corrected chi connectivity index (χ4v) is 2.52. The van der Waals surface area contributed by atoms with Crippen molar-refractivity contribution in [1.82, 2.24) is 0 Å². The molecule has 0 saturated heterocycles. The number of aryl methyl sites for hydroxylation is 1. The van der Waals surface area contributed by atoms with E-state index in [0.717, 1.165) is 38.5 Å². The molecule has 0 spiro atoms. The van der Waals surface area contributed by atoms with E-state index in [1.165, 1.54) is 0 Å². The van der Waals surface area contributed by atoms with E-state index in [9.17, 15) is 0 Å². The van der Waals surface area contributed by atoms with Gasteiger partial charge in [-0.05, 0) is 58.2 Å². The summed E-state index contributed by atoms with van der Waals surface area (Å²) in [6, 6.07) is 9.81. The van der Waals surface area contributed by atoms with E-state index in [1.54, 1.807) is 14.2 Å². The van der Waals surface area contributed by atoms with Crippen molar-refractivity contribution < 1.29 is 9.47 Å². The van der Waals surface area contributed by atoms with Crippen LogP contribution in [0.5, 0.6) is 11.5 Å². The molecule has 2 aromatic rings. The molecule has 2 rings (SSSR count). The predicted molar refractivity (Wildman–Crippen MR) is 90.2 cm³/mol. The lowest BCUT2D eigenvalue weighted by molar-refractivity contribution is 0.354. The number of ether oxygens (including phenoxy) is 2. The van der Waals surface area contributed by atoms with Crippen molar-refractivity contribution in [2.45, 2.75) is 13.5 Å². The van der Waals surface area contributed by atoms with Gasteiger partial charge in [-0.25, -0.2) is 0 Å². The summed E-state index contributed by atoms with van der Waals surface area (Å²) in [5.41, 5.74) is 9.82. The summed E-state index contributed by atoms with van der Waals surface area (Å²) in [6.07, 6.45) is 0. The standard InChI is InChI=1S/C16H19BrN2O2/c1-10-6-14(12(17)8-13(10)18)19-9-11-4-5-15(20-2)16(7-11)21-3/h4-8,19H,9,18H2,1-3H3. The highest BCUT2D eigenvalue weighted by Crippen LogP contribution is 2.30. The first kappa shape index (κ1) is 15.5. The van der Waals surface area contributed by atoms with Crippen molar-refractivity contribution in [3.63, 3.8) is 0 Å². The predicted octanol–water partition coefficient (Wildman–Crippen LogP) is 3.97. The van der Waals surface area contributed by atoms with Gasteiger partial charge in [-0.1, -0.05) is 6.07 Å². The summed E-state index contributed by atoms with van der Waals surface area (Å²) in [5.74, 6) is 1.45. The van der Waals surface area contributed by atoms with Crippen LogP contribution in [-0.2, 0) is 6.54 Å². The van der Waals surface area contributed by atoms with Gasteiger partial charge in [-0.15, -0.1) is 0 Å². The third kappa shape index (κ3) is 3.61. The van der Waals surface area contributed by atoms with Gasteiger partial charge in [0.05, 0.1) is 14.2 Å². The van der Waals surface area contributed by atoms with E-state index >= 15 is 0 Å². The van der Waals surface area contributed by atoms with Gasteiger partial charge in [0.1, 0.15) is 0 Å². The molecule has 0 aliphatic carbocycles. The Bertz CT molecular complexity index is 644. The van der Waals surface area contributed by atoms with Crippen molar-refractivity contribution >= 4 is 27.3 Å². The molecule has 0 aliphatic rings. The highest BCUT2D eigenvalue weighted by atomic mass is 79.9. The van der Waals surface area contributed by atoms with Crippen LogP contribution in [-0.4, -0.2) is 14.2 Å². The molecule has 4 nitrogen and oxygen atoms in total. The van der Waals surface area contributed by atoms with Crippen LogP contribution in [0.2, 0.25) is 0 Å². The molecule has 5 heteroatoms. The summed E-state index contributed by atoms with van der Waals surface area (Å²) >= 11 is 3.52. The van der Waals surface area contributed by atoms with E-state index in [4.69, 9.17) is 15.2 Å². The molecule has 0 heterocycles. The quantitative estimate of drug-likeness (QED) is 0.801. The van der Waals surface area contributed by atoms with Crippen LogP contribution >= 0.6 is 15.9 Å². The summed E-state index contributed by atoms with van der Waals surface area (Å²) in [5, 5.41) is 3.39. The Balaban J connectivity index is 2.15. The van der Waals surface area contributed by atoms with Crippen molar-refractivity contribution in [2.24, 2.45) is 0 Å². The second-order valence-electron chi connectivity index (χ2n) is 4.73. The molecule has 0 unspecified atom stereocenters. The van der Waals surface area contributed by atoms with E-state index in [0.29, 0.717) is 6.54 Å². The third-order valence-corrected chi connectivity index (χ3v) is 3.94. The first-order valence-electron chi connectivity index (χ1n) is 6.55. The largest absolute Gasteiger partial charge is 0.493 e. The number of anilines is 2. The number of benzene rings is 2. The van der Waals surface area contributed by atoms with Crippen molar-refractivity contribution in [3.05, 3.63) is 45.9 Å². The van der Waals surface area contributed by atoms with Gasteiger partial charge < -0.3 is 20.5 Å². The first-order chi connectivity index (χ1) is 10.0. The average Bonchev–Trinajstić information content (AvgIpc) is 2.49. The average molecular weight is 351 g/mol. The zero-order chi connectivity index (χ0) is 15.4. The molecule has 21 heavy (non-hydrogen) atoms. The van der Waals surface area contributed by atoms with Crippen LogP contribution in [0.1, 0.15) is 11.1 Å². The van der Waals surface area contributed by atoms with Gasteiger partial charge in [-0.3, -0.25) is 0 Å². The Hall–Kier alpha value is -1.88. The number of nitrogens with two attached hydrogens (primary N) is 1. The molecule has 3 N–H and O–H groups in total. The maximum atomic E-state index is 5.88. The second-order valence-corrected chi connectivity index (χ2v) is 5.59. The Morgan fingerprint density at radius 1 is 1.10 bits per heavy atom. The molecule has 112 valence electrons. The molecular weight excluding hydrogens is 332 g/mol. The van der Waals surface area contributed by atoms with Gasteiger partial charge in [0.15, 0.2) is 11.5 Å². The van der Waals surface area contributed by atoms with Gasteiger partial charge in [0.25, 0.3) is 0 Å². The van der Waals surface area contributed by atoms with Crippen LogP contribution < -0.4 is 20.5 Å². The van der Waals surface area contributed by atoms with Crippen LogP contribution in [0.25, 0.3) is 0 Å². The number of hydrogen-bond donors (Lipinski definition) is 2. The topological polar surface area (TPSA) is 56.5 Å². The fourth-order valence-electron chi connectivity index (χ4n) is 2.02. The third-order valence-electron chi connectivity index (χ3n) is 3.29. The zero-order valence-corrected chi connectivity index (χ0v) is 14.0. The van der Waals surface area contributed by atoms with Crippen LogP contribution in [0.4, 0.5) is 11.4 Å². The zero-order valence-electron chi connectivity index (χ0n) is 12.4. The van der Waals surface area contributed by atoms with Gasteiger partial charge in [-0.2, -0.15) is 0 Å². The summed E-state index contributed by atoms with van der Waals surface area (Å²) in [7, 11) is 3.26. The van der Waals surface area contributed by atoms with Crippen LogP contribution in [0.3, 0.4) is 0 Å². The molecular formula is C16H19BrN2O2.